The molecule has 1 saturated heterocycles. The summed E-state index contributed by atoms with van der Waals surface area (Å²) in [5.41, 5.74) is 0.596. The molecule has 9 heteroatoms. The number of nitrogens with one attached hydrogen (secondary N) is 3. The van der Waals surface area contributed by atoms with Crippen LogP contribution >= 0.6 is 0 Å². The van der Waals surface area contributed by atoms with Gasteiger partial charge in [-0.05, 0) is 37.6 Å². The molecule has 1 unspecified atom stereocenters. The topological polar surface area (TPSA) is 81.6 Å². The molecule has 1 aliphatic rings. The molecular formula is C20H24F2N6O. The number of aliphatic imine (C=N–C) groups is 1. The van der Waals surface area contributed by atoms with Crippen LogP contribution in [0.5, 0.6) is 0 Å². The number of pyridine rings is 1. The minimum absolute atomic E-state index is 0.00501. The Hall–Kier alpha value is -3.23. The molecule has 1 fully saturated rings. The zero-order valence-electron chi connectivity index (χ0n) is 16.2. The molecule has 2 aromatic rings. The Bertz CT molecular complexity index is 841. The maximum Gasteiger partial charge on any atom is 0.246 e. The third-order valence-corrected chi connectivity index (χ3v) is 4.45. The SMILES string of the molecule is CCNC(=NCC(=O)Nc1cccnc1)NC1CCN(c2c(F)cccc2F)C1. The summed E-state index contributed by atoms with van der Waals surface area (Å²) < 4.78 is 28.0. The Balaban J connectivity index is 1.57. The Morgan fingerprint density at radius 3 is 2.76 bits per heavy atom. The molecule has 0 spiro atoms. The van der Waals surface area contributed by atoms with E-state index >= 15 is 0 Å². The van der Waals surface area contributed by atoms with Crippen LogP contribution in [0.3, 0.4) is 0 Å². The lowest BCUT2D eigenvalue weighted by molar-refractivity contribution is -0.114. The number of guanidine groups is 1. The van der Waals surface area contributed by atoms with Gasteiger partial charge < -0.3 is 20.9 Å². The largest absolute Gasteiger partial charge is 0.365 e. The zero-order valence-corrected chi connectivity index (χ0v) is 16.2. The quantitative estimate of drug-likeness (QED) is 0.510. The fraction of sp³-hybridized carbons (Fsp3) is 0.350. The summed E-state index contributed by atoms with van der Waals surface area (Å²) in [5, 5.41) is 9.04. The maximum atomic E-state index is 14.0. The number of halogens is 2. The average molecular weight is 402 g/mol. The number of aromatic nitrogens is 1. The van der Waals surface area contributed by atoms with Gasteiger partial charge in [0.05, 0.1) is 11.9 Å². The average Bonchev–Trinajstić information content (AvgIpc) is 3.15. The third kappa shape index (κ3) is 5.63. The number of rotatable bonds is 6. The summed E-state index contributed by atoms with van der Waals surface area (Å²) >= 11 is 0. The van der Waals surface area contributed by atoms with Gasteiger partial charge in [-0.2, -0.15) is 0 Å². The Morgan fingerprint density at radius 1 is 1.28 bits per heavy atom. The lowest BCUT2D eigenvalue weighted by atomic mass is 10.2. The highest BCUT2D eigenvalue weighted by Crippen LogP contribution is 2.26. The number of anilines is 2. The lowest BCUT2D eigenvalue weighted by Crippen LogP contribution is -2.45. The number of para-hydroxylation sites is 1. The van der Waals surface area contributed by atoms with E-state index in [1.165, 1.54) is 18.2 Å². The van der Waals surface area contributed by atoms with Crippen LogP contribution in [0.15, 0.2) is 47.7 Å². The highest BCUT2D eigenvalue weighted by molar-refractivity contribution is 5.94. The van der Waals surface area contributed by atoms with E-state index in [0.717, 1.165) is 0 Å². The molecule has 29 heavy (non-hydrogen) atoms. The molecule has 1 aromatic heterocycles. The second kappa shape index (κ2) is 9.81. The van der Waals surface area contributed by atoms with Crippen LogP contribution < -0.4 is 20.9 Å². The molecule has 154 valence electrons. The van der Waals surface area contributed by atoms with Gasteiger partial charge in [0.15, 0.2) is 5.96 Å². The van der Waals surface area contributed by atoms with Crippen molar-refractivity contribution in [3.8, 4) is 0 Å². The van der Waals surface area contributed by atoms with Crippen LogP contribution in [0, 0.1) is 11.6 Å². The number of carbonyl (C=O) groups excluding carboxylic acids is 1. The molecule has 0 saturated carbocycles. The summed E-state index contributed by atoms with van der Waals surface area (Å²) in [6.07, 6.45) is 3.87. The Labute approximate surface area is 168 Å². The second-order valence-corrected chi connectivity index (χ2v) is 6.63. The fourth-order valence-corrected chi connectivity index (χ4v) is 3.17. The summed E-state index contributed by atoms with van der Waals surface area (Å²) in [4.78, 5) is 22.0. The predicted molar refractivity (Wildman–Crippen MR) is 109 cm³/mol. The van der Waals surface area contributed by atoms with Crippen LogP contribution in [0.4, 0.5) is 20.2 Å². The lowest BCUT2D eigenvalue weighted by Gasteiger charge is -2.21. The molecule has 0 aliphatic carbocycles. The first-order valence-corrected chi connectivity index (χ1v) is 9.50. The maximum absolute atomic E-state index is 14.0. The number of hydrogen-bond donors (Lipinski definition) is 3. The summed E-state index contributed by atoms with van der Waals surface area (Å²) in [6.45, 7) is 3.43. The molecule has 0 bridgehead atoms. The highest BCUT2D eigenvalue weighted by Gasteiger charge is 2.27. The van der Waals surface area contributed by atoms with Crippen LogP contribution in [0.2, 0.25) is 0 Å². The molecule has 3 rings (SSSR count). The minimum atomic E-state index is -0.571. The van der Waals surface area contributed by atoms with E-state index < -0.39 is 11.6 Å². The summed E-state index contributed by atoms with van der Waals surface area (Å²) in [5.74, 6) is -0.928. The number of amides is 1. The van der Waals surface area contributed by atoms with Gasteiger partial charge in [-0.15, -0.1) is 0 Å². The first kappa shape index (κ1) is 20.5. The zero-order chi connectivity index (χ0) is 20.6. The minimum Gasteiger partial charge on any atom is -0.365 e. The predicted octanol–water partition coefficient (Wildman–Crippen LogP) is 2.13. The van der Waals surface area contributed by atoms with Crippen molar-refractivity contribution in [3.05, 3.63) is 54.4 Å². The standard InChI is InChI=1S/C20H24F2N6O/c1-2-24-20(25-12-18(29)26-14-5-4-9-23-11-14)27-15-8-10-28(13-15)19-16(21)6-3-7-17(19)22/h3-7,9,11,15H,2,8,10,12-13H2,1H3,(H,26,29)(H2,24,25,27). The van der Waals surface area contributed by atoms with E-state index in [0.29, 0.717) is 37.7 Å². The molecule has 1 aliphatic heterocycles. The second-order valence-electron chi connectivity index (χ2n) is 6.63. The number of benzene rings is 1. The first-order valence-electron chi connectivity index (χ1n) is 9.50. The molecule has 0 radical (unpaired) electrons. The van der Waals surface area contributed by atoms with Crippen molar-refractivity contribution in [1.29, 1.82) is 0 Å². The Kier molecular flexibility index (Phi) is 6.94. The van der Waals surface area contributed by atoms with Crippen molar-refractivity contribution in [3.63, 3.8) is 0 Å². The molecule has 7 nitrogen and oxygen atoms in total. The van der Waals surface area contributed by atoms with Crippen LogP contribution in [0.25, 0.3) is 0 Å². The normalized spacial score (nSPS) is 16.6. The van der Waals surface area contributed by atoms with E-state index in [1.807, 2.05) is 6.92 Å². The van der Waals surface area contributed by atoms with Crippen molar-refractivity contribution in [2.75, 3.05) is 36.4 Å². The fourth-order valence-electron chi connectivity index (χ4n) is 3.17. The monoisotopic (exact) mass is 402 g/mol. The molecular weight excluding hydrogens is 378 g/mol. The van der Waals surface area contributed by atoms with Crippen molar-refractivity contribution in [1.82, 2.24) is 15.6 Å². The van der Waals surface area contributed by atoms with Crippen molar-refractivity contribution in [2.24, 2.45) is 4.99 Å². The van der Waals surface area contributed by atoms with Gasteiger partial charge in [0.25, 0.3) is 0 Å². The van der Waals surface area contributed by atoms with Crippen molar-refractivity contribution < 1.29 is 13.6 Å². The van der Waals surface area contributed by atoms with Gasteiger partial charge in [0.2, 0.25) is 5.91 Å². The van der Waals surface area contributed by atoms with Gasteiger partial charge in [-0.1, -0.05) is 6.07 Å². The first-order chi connectivity index (χ1) is 14.1. The molecule has 1 atom stereocenters. The smallest absolute Gasteiger partial charge is 0.246 e. The van der Waals surface area contributed by atoms with Crippen LogP contribution in [-0.2, 0) is 4.79 Å². The van der Waals surface area contributed by atoms with Gasteiger partial charge in [0, 0.05) is 31.9 Å². The van der Waals surface area contributed by atoms with E-state index in [9.17, 15) is 13.6 Å². The van der Waals surface area contributed by atoms with E-state index in [1.54, 1.807) is 29.4 Å². The molecule has 1 amide bonds. The van der Waals surface area contributed by atoms with E-state index in [2.05, 4.69) is 25.9 Å². The van der Waals surface area contributed by atoms with Crippen LogP contribution in [-0.4, -0.2) is 49.1 Å². The van der Waals surface area contributed by atoms with Gasteiger partial charge >= 0.3 is 0 Å². The van der Waals surface area contributed by atoms with Crippen molar-refractivity contribution in [2.45, 2.75) is 19.4 Å². The van der Waals surface area contributed by atoms with Crippen LogP contribution in [0.1, 0.15) is 13.3 Å². The van der Waals surface area contributed by atoms with Gasteiger partial charge in [0.1, 0.15) is 23.9 Å². The van der Waals surface area contributed by atoms with E-state index in [4.69, 9.17) is 0 Å². The molecule has 2 heterocycles. The third-order valence-electron chi connectivity index (χ3n) is 4.45. The van der Waals surface area contributed by atoms with Gasteiger partial charge in [-0.3, -0.25) is 9.78 Å². The number of carbonyl (C=O) groups is 1. The Morgan fingerprint density at radius 2 is 2.07 bits per heavy atom. The van der Waals surface area contributed by atoms with Gasteiger partial charge in [-0.25, -0.2) is 13.8 Å². The number of hydrogen-bond acceptors (Lipinski definition) is 4. The molecule has 3 N–H and O–H groups in total. The number of nitrogens with zero attached hydrogens (tertiary/aromatic N) is 3. The van der Waals surface area contributed by atoms with E-state index in [-0.39, 0.29) is 24.2 Å². The summed E-state index contributed by atoms with van der Waals surface area (Å²) in [6, 6.07) is 7.29. The highest BCUT2D eigenvalue weighted by atomic mass is 19.1. The summed E-state index contributed by atoms with van der Waals surface area (Å²) in [7, 11) is 0. The van der Waals surface area contributed by atoms with Crippen molar-refractivity contribution >= 4 is 23.2 Å². The molecule has 1 aromatic carbocycles.